The number of carbonyl (C=O) groups excluding carboxylic acids is 2. The van der Waals surface area contributed by atoms with Crippen LogP contribution >= 0.6 is 0 Å². The van der Waals surface area contributed by atoms with E-state index in [1.807, 2.05) is 44.2 Å². The highest BCUT2D eigenvalue weighted by atomic mass is 16.5. The van der Waals surface area contributed by atoms with Gasteiger partial charge < -0.3 is 15.4 Å². The topological polar surface area (TPSA) is 67.4 Å². The summed E-state index contributed by atoms with van der Waals surface area (Å²) in [5, 5.41) is 5.11. The van der Waals surface area contributed by atoms with Gasteiger partial charge in [0.1, 0.15) is 6.04 Å². The largest absolute Gasteiger partial charge is 0.371 e. The van der Waals surface area contributed by atoms with Gasteiger partial charge in [0.2, 0.25) is 11.8 Å². The summed E-state index contributed by atoms with van der Waals surface area (Å²) in [6.07, 6.45) is -0.413. The van der Waals surface area contributed by atoms with Crippen molar-refractivity contribution in [2.24, 2.45) is 0 Å². The number of nitrogens with one attached hydrogen (secondary N) is 2. The van der Waals surface area contributed by atoms with Crippen LogP contribution in [0.5, 0.6) is 0 Å². The number of ether oxygens (including phenoxy) is 1. The van der Waals surface area contributed by atoms with Crippen LogP contribution < -0.4 is 10.6 Å². The number of likely N-dealkylation sites (N-methyl/N-ethyl adjacent to an activating group) is 1. The molecule has 2 N–H and O–H groups in total. The molecule has 0 fully saturated rings. The molecule has 118 valence electrons. The van der Waals surface area contributed by atoms with Crippen molar-refractivity contribution in [3.05, 3.63) is 35.9 Å². The van der Waals surface area contributed by atoms with E-state index in [1.54, 1.807) is 6.92 Å². The Morgan fingerprint density at radius 1 is 1.19 bits per heavy atom. The predicted octanol–water partition coefficient (Wildman–Crippen LogP) is 1.87. The molecule has 2 atom stereocenters. The molecule has 1 aromatic carbocycles. The number of benzene rings is 1. The van der Waals surface area contributed by atoms with Crippen LogP contribution in [0.15, 0.2) is 30.3 Å². The molecule has 1 aromatic rings. The minimum absolute atomic E-state index is 0.260. The molecule has 0 aromatic heterocycles. The maximum absolute atomic E-state index is 11.7. The average molecular weight is 294 g/mol. The zero-order valence-electron chi connectivity index (χ0n) is 13.5. The first-order chi connectivity index (χ1) is 10.0. The summed E-state index contributed by atoms with van der Waals surface area (Å²) in [6.45, 7) is 7.54. The highest BCUT2D eigenvalue weighted by Gasteiger charge is 2.25. The minimum Gasteiger partial charge on any atom is -0.371 e. The highest BCUT2D eigenvalue weighted by Crippen LogP contribution is 2.06. The van der Waals surface area contributed by atoms with Gasteiger partial charge in [-0.05, 0) is 12.5 Å². The lowest BCUT2D eigenvalue weighted by Gasteiger charge is -2.23. The molecule has 0 aliphatic heterocycles. The first-order valence-corrected chi connectivity index (χ1v) is 7.18. The lowest BCUT2D eigenvalue weighted by molar-refractivity contribution is -0.132. The van der Waals surface area contributed by atoms with Crippen molar-refractivity contribution in [1.82, 2.24) is 10.6 Å². The Bertz CT molecular complexity index is 421. The lowest BCUT2D eigenvalue weighted by atomic mass is 10.1. The molecule has 0 heterocycles. The second-order valence-corrected chi connectivity index (χ2v) is 4.29. The molecule has 0 aliphatic rings. The SMILES string of the molecule is CC.CNC(=O)C(NC(C)=O)C(C)OCc1ccccc1. The van der Waals surface area contributed by atoms with Gasteiger partial charge in [-0.15, -0.1) is 0 Å². The van der Waals surface area contributed by atoms with Crippen molar-refractivity contribution in [2.45, 2.75) is 46.4 Å². The van der Waals surface area contributed by atoms with Crippen LogP contribution in [-0.2, 0) is 20.9 Å². The van der Waals surface area contributed by atoms with Crippen molar-refractivity contribution >= 4 is 11.8 Å². The van der Waals surface area contributed by atoms with E-state index in [0.29, 0.717) is 6.61 Å². The molecule has 2 unspecified atom stereocenters. The van der Waals surface area contributed by atoms with Crippen molar-refractivity contribution in [2.75, 3.05) is 7.05 Å². The van der Waals surface area contributed by atoms with Crippen LogP contribution in [0, 0.1) is 0 Å². The summed E-state index contributed by atoms with van der Waals surface area (Å²) < 4.78 is 5.64. The molecule has 0 bridgehead atoms. The van der Waals surface area contributed by atoms with Gasteiger partial charge in [0, 0.05) is 14.0 Å². The fourth-order valence-corrected chi connectivity index (χ4v) is 1.67. The predicted molar refractivity (Wildman–Crippen MR) is 83.7 cm³/mol. The van der Waals surface area contributed by atoms with Gasteiger partial charge in [-0.25, -0.2) is 0 Å². The second kappa shape index (κ2) is 10.9. The Hall–Kier alpha value is -1.88. The van der Waals surface area contributed by atoms with Gasteiger partial charge in [-0.3, -0.25) is 9.59 Å². The van der Waals surface area contributed by atoms with Gasteiger partial charge in [0.05, 0.1) is 12.7 Å². The molecule has 0 saturated carbocycles. The van der Waals surface area contributed by atoms with E-state index in [-0.39, 0.29) is 11.8 Å². The third-order valence-electron chi connectivity index (χ3n) is 2.71. The third kappa shape index (κ3) is 7.46. The fourth-order valence-electron chi connectivity index (χ4n) is 1.67. The molecule has 5 nitrogen and oxygen atoms in total. The van der Waals surface area contributed by atoms with Gasteiger partial charge in [-0.2, -0.15) is 0 Å². The molecule has 5 heteroatoms. The van der Waals surface area contributed by atoms with Gasteiger partial charge in [0.25, 0.3) is 0 Å². The quantitative estimate of drug-likeness (QED) is 0.841. The standard InChI is InChI=1S/C14H20N2O3.C2H6/c1-10(13(14(18)15-3)16-11(2)17)19-9-12-7-5-4-6-8-12;1-2/h4-8,10,13H,9H2,1-3H3,(H,15,18)(H,16,17);1-2H3. The third-order valence-corrected chi connectivity index (χ3v) is 2.71. The number of rotatable bonds is 6. The van der Waals surface area contributed by atoms with Crippen LogP contribution in [0.4, 0.5) is 0 Å². The normalized spacial score (nSPS) is 12.4. The molecule has 0 radical (unpaired) electrons. The summed E-state index contributed by atoms with van der Waals surface area (Å²) in [4.78, 5) is 22.8. The van der Waals surface area contributed by atoms with E-state index in [2.05, 4.69) is 10.6 Å². The maximum Gasteiger partial charge on any atom is 0.245 e. The van der Waals surface area contributed by atoms with Crippen LogP contribution in [0.3, 0.4) is 0 Å². The smallest absolute Gasteiger partial charge is 0.245 e. The average Bonchev–Trinajstić information content (AvgIpc) is 2.52. The molecular formula is C16H26N2O3. The van der Waals surface area contributed by atoms with Crippen molar-refractivity contribution < 1.29 is 14.3 Å². The maximum atomic E-state index is 11.7. The molecule has 2 amide bonds. The Kier molecular flexibility index (Phi) is 9.88. The van der Waals surface area contributed by atoms with E-state index >= 15 is 0 Å². The number of hydrogen-bond acceptors (Lipinski definition) is 3. The van der Waals surface area contributed by atoms with Crippen LogP contribution in [0.1, 0.15) is 33.3 Å². The molecule has 21 heavy (non-hydrogen) atoms. The fraction of sp³-hybridized carbons (Fsp3) is 0.500. The van der Waals surface area contributed by atoms with Crippen molar-refractivity contribution in [1.29, 1.82) is 0 Å². The number of hydrogen-bond donors (Lipinski definition) is 2. The van der Waals surface area contributed by atoms with Crippen molar-refractivity contribution in [3.63, 3.8) is 0 Å². The molecule has 0 aliphatic carbocycles. The van der Waals surface area contributed by atoms with Crippen LogP contribution in [-0.4, -0.2) is 31.0 Å². The first-order valence-electron chi connectivity index (χ1n) is 7.18. The van der Waals surface area contributed by atoms with E-state index in [1.165, 1.54) is 14.0 Å². The summed E-state index contributed by atoms with van der Waals surface area (Å²) in [6, 6.07) is 8.98. The van der Waals surface area contributed by atoms with Crippen LogP contribution in [0.25, 0.3) is 0 Å². The van der Waals surface area contributed by atoms with Gasteiger partial charge in [-0.1, -0.05) is 44.2 Å². The zero-order chi connectivity index (χ0) is 16.3. The highest BCUT2D eigenvalue weighted by molar-refractivity contribution is 5.87. The Balaban J connectivity index is 0.00000191. The molecule has 1 rings (SSSR count). The van der Waals surface area contributed by atoms with Crippen molar-refractivity contribution in [3.8, 4) is 0 Å². The van der Waals surface area contributed by atoms with Crippen LogP contribution in [0.2, 0.25) is 0 Å². The monoisotopic (exact) mass is 294 g/mol. The Morgan fingerprint density at radius 2 is 1.76 bits per heavy atom. The summed E-state index contributed by atoms with van der Waals surface area (Å²) in [5.74, 6) is -0.528. The molecule has 0 saturated heterocycles. The van der Waals surface area contributed by atoms with E-state index in [0.717, 1.165) is 5.56 Å². The van der Waals surface area contributed by atoms with Gasteiger partial charge in [0.15, 0.2) is 0 Å². The Labute approximate surface area is 127 Å². The first kappa shape index (κ1) is 19.1. The summed E-state index contributed by atoms with van der Waals surface area (Å²) in [7, 11) is 1.53. The summed E-state index contributed by atoms with van der Waals surface area (Å²) in [5.41, 5.74) is 1.02. The van der Waals surface area contributed by atoms with E-state index < -0.39 is 12.1 Å². The number of amides is 2. The zero-order valence-corrected chi connectivity index (χ0v) is 13.5. The lowest BCUT2D eigenvalue weighted by Crippen LogP contribution is -2.51. The minimum atomic E-state index is -0.689. The van der Waals surface area contributed by atoms with E-state index in [4.69, 9.17) is 4.74 Å². The summed E-state index contributed by atoms with van der Waals surface area (Å²) >= 11 is 0. The molecular weight excluding hydrogens is 268 g/mol. The second-order valence-electron chi connectivity index (χ2n) is 4.29. The molecule has 0 spiro atoms. The van der Waals surface area contributed by atoms with E-state index in [9.17, 15) is 9.59 Å². The van der Waals surface area contributed by atoms with Gasteiger partial charge >= 0.3 is 0 Å². The number of carbonyl (C=O) groups is 2. The Morgan fingerprint density at radius 3 is 2.24 bits per heavy atom.